The third kappa shape index (κ3) is 11.1. The van der Waals surface area contributed by atoms with Gasteiger partial charge in [-0.2, -0.15) is 9.97 Å². The van der Waals surface area contributed by atoms with E-state index in [2.05, 4.69) is 60.4 Å². The highest BCUT2D eigenvalue weighted by atomic mass is 16.5. The lowest BCUT2D eigenvalue weighted by atomic mass is 10.1. The number of urea groups is 2. The van der Waals surface area contributed by atoms with Crippen LogP contribution in [-0.4, -0.2) is 39.1 Å². The lowest BCUT2D eigenvalue weighted by Crippen LogP contribution is -2.21. The Hall–Kier alpha value is -7.28. The Kier molecular flexibility index (Phi) is 12.7. The topological polar surface area (TPSA) is 181 Å². The third-order valence-corrected chi connectivity index (χ3v) is 8.79. The maximum absolute atomic E-state index is 12.6. The molecule has 0 aliphatic rings. The lowest BCUT2D eigenvalue weighted by Gasteiger charge is -2.13. The number of ether oxygens (including phenoxy) is 1. The molecule has 0 saturated carbocycles. The predicted octanol–water partition coefficient (Wildman–Crippen LogP) is 10.00. The van der Waals surface area contributed by atoms with Crippen LogP contribution >= 0.6 is 0 Å². The van der Waals surface area contributed by atoms with Crippen LogP contribution in [0.3, 0.4) is 0 Å². The number of aromatic nitrogens is 4. The van der Waals surface area contributed by atoms with Crippen molar-refractivity contribution >= 4 is 68.5 Å². The minimum absolute atomic E-state index is 0.179. The fourth-order valence-corrected chi connectivity index (χ4v) is 5.74. The number of rotatable bonds is 10. The first-order valence-electron chi connectivity index (χ1n) is 18.5. The summed E-state index contributed by atoms with van der Waals surface area (Å²) in [5.41, 5.74) is 9.86. The number of nitrogen functional groups attached to an aromatic ring is 1. The summed E-state index contributed by atoms with van der Waals surface area (Å²) in [5.74, 6) is 2.60. The van der Waals surface area contributed by atoms with Gasteiger partial charge in [0.25, 0.3) is 0 Å². The van der Waals surface area contributed by atoms with Gasteiger partial charge >= 0.3 is 12.1 Å². The standard InChI is InChI=1S/C26H27N5O2.C18H19N5O/c1-17(2)23-15-24(27-16-18-8-12-22(33-3)13-9-18)30-25(29-23)31-26(32)28-21-11-10-19-6-4-5-7-20(19)14-21;1-11(2)15-10-16(19)22-17(21-15)23-18(24)20-14-8-7-12-5-3-4-6-13(12)9-14/h4-15,17H,16H2,1-3H3,(H3,27,28,29,30,31,32);3-11H,1-2H3,(H4,19,20,21,22,23,24). The number of fused-ring (bicyclic) bond motifs is 2. The van der Waals surface area contributed by atoms with Gasteiger partial charge in [0, 0.05) is 30.1 Å². The zero-order chi connectivity index (χ0) is 40.3. The molecule has 0 spiro atoms. The molecule has 7 aromatic rings. The molecule has 13 heteroatoms. The molecule has 7 rings (SSSR count). The van der Waals surface area contributed by atoms with E-state index in [1.54, 1.807) is 13.2 Å². The second kappa shape index (κ2) is 18.4. The van der Waals surface area contributed by atoms with Crippen molar-refractivity contribution in [3.63, 3.8) is 0 Å². The summed E-state index contributed by atoms with van der Waals surface area (Å²) in [6, 6.07) is 38.1. The Bertz CT molecular complexity index is 2490. The van der Waals surface area contributed by atoms with Crippen molar-refractivity contribution in [1.29, 1.82) is 0 Å². The summed E-state index contributed by atoms with van der Waals surface area (Å²) in [5, 5.41) is 18.7. The molecule has 13 nitrogen and oxygen atoms in total. The van der Waals surface area contributed by atoms with Crippen LogP contribution in [0.25, 0.3) is 21.5 Å². The first-order valence-corrected chi connectivity index (χ1v) is 18.5. The molecule has 2 heterocycles. The molecule has 0 fully saturated rings. The molecule has 7 N–H and O–H groups in total. The summed E-state index contributed by atoms with van der Waals surface area (Å²) in [7, 11) is 1.65. The first-order chi connectivity index (χ1) is 27.5. The van der Waals surface area contributed by atoms with Crippen LogP contribution in [-0.2, 0) is 6.54 Å². The number of hydrogen-bond acceptors (Lipinski definition) is 9. The van der Waals surface area contributed by atoms with Gasteiger partial charge in [0.15, 0.2) is 0 Å². The van der Waals surface area contributed by atoms with E-state index in [4.69, 9.17) is 10.5 Å². The van der Waals surface area contributed by atoms with E-state index in [9.17, 15) is 9.59 Å². The number of nitrogens with one attached hydrogen (secondary N) is 5. The van der Waals surface area contributed by atoms with Crippen LogP contribution < -0.4 is 37.1 Å². The van der Waals surface area contributed by atoms with E-state index in [0.717, 1.165) is 44.2 Å². The molecular weight excluding hydrogens is 717 g/mol. The molecule has 0 aliphatic heterocycles. The van der Waals surface area contributed by atoms with Crippen molar-refractivity contribution in [2.45, 2.75) is 46.1 Å². The van der Waals surface area contributed by atoms with Crippen LogP contribution in [0.1, 0.15) is 56.5 Å². The van der Waals surface area contributed by atoms with E-state index in [1.807, 2.05) is 129 Å². The molecule has 4 amide bonds. The number of nitrogens with two attached hydrogens (primary N) is 1. The highest BCUT2D eigenvalue weighted by molar-refractivity contribution is 6.01. The highest BCUT2D eigenvalue weighted by Crippen LogP contribution is 2.23. The fraction of sp³-hybridized carbons (Fsp3) is 0.182. The highest BCUT2D eigenvalue weighted by Gasteiger charge is 2.12. The summed E-state index contributed by atoms with van der Waals surface area (Å²) in [4.78, 5) is 42.1. The SMILES string of the molecule is CC(C)c1cc(N)nc(NC(=O)Nc2ccc3ccccc3c2)n1.COc1ccc(CNc2cc(C(C)C)nc(NC(=O)Nc3ccc4ccccc4c3)n2)cc1. The van der Waals surface area contributed by atoms with Crippen molar-refractivity contribution in [1.82, 2.24) is 19.9 Å². The van der Waals surface area contributed by atoms with E-state index in [0.29, 0.717) is 29.6 Å². The Morgan fingerprint density at radius 1 is 0.579 bits per heavy atom. The number of nitrogens with zero attached hydrogens (tertiary/aromatic N) is 4. The normalized spacial score (nSPS) is 10.8. The van der Waals surface area contributed by atoms with E-state index in [1.165, 1.54) is 0 Å². The average Bonchev–Trinajstić information content (AvgIpc) is 3.20. The molecule has 0 unspecified atom stereocenters. The number of anilines is 6. The summed E-state index contributed by atoms with van der Waals surface area (Å²) < 4.78 is 5.20. The number of amides is 4. The van der Waals surface area contributed by atoms with Crippen molar-refractivity contribution in [3.8, 4) is 5.75 Å². The number of benzene rings is 5. The van der Waals surface area contributed by atoms with Crippen molar-refractivity contribution in [2.75, 3.05) is 39.4 Å². The predicted molar refractivity (Wildman–Crippen MR) is 230 cm³/mol. The van der Waals surface area contributed by atoms with Crippen LogP contribution in [0.4, 0.5) is 44.5 Å². The molecule has 5 aromatic carbocycles. The van der Waals surface area contributed by atoms with Gasteiger partial charge in [-0.15, -0.1) is 0 Å². The number of methoxy groups -OCH3 is 1. The van der Waals surface area contributed by atoms with Crippen molar-refractivity contribution in [2.24, 2.45) is 0 Å². The maximum atomic E-state index is 12.6. The molecular formula is C44H46N10O3. The smallest absolute Gasteiger partial charge is 0.326 e. The molecule has 0 atom stereocenters. The largest absolute Gasteiger partial charge is 0.497 e. The molecule has 57 heavy (non-hydrogen) atoms. The maximum Gasteiger partial charge on any atom is 0.326 e. The monoisotopic (exact) mass is 762 g/mol. The molecule has 0 saturated heterocycles. The van der Waals surface area contributed by atoms with Crippen LogP contribution in [0.2, 0.25) is 0 Å². The van der Waals surface area contributed by atoms with Gasteiger partial charge < -0.3 is 26.4 Å². The minimum Gasteiger partial charge on any atom is -0.497 e. The summed E-state index contributed by atoms with van der Waals surface area (Å²) in [6.45, 7) is 8.69. The molecule has 0 bridgehead atoms. The van der Waals surface area contributed by atoms with Crippen LogP contribution in [0.5, 0.6) is 5.75 Å². The zero-order valence-corrected chi connectivity index (χ0v) is 32.5. The summed E-state index contributed by atoms with van der Waals surface area (Å²) in [6.07, 6.45) is 0. The first kappa shape index (κ1) is 39.4. The Morgan fingerprint density at radius 3 is 1.58 bits per heavy atom. The van der Waals surface area contributed by atoms with Gasteiger partial charge in [-0.05, 0) is 75.3 Å². The minimum atomic E-state index is -0.411. The van der Waals surface area contributed by atoms with E-state index < -0.39 is 12.1 Å². The number of hydrogen-bond donors (Lipinski definition) is 6. The molecule has 290 valence electrons. The number of carbonyl (C=O) groups excluding carboxylic acids is 2. The second-order valence-corrected chi connectivity index (χ2v) is 13.8. The van der Waals surface area contributed by atoms with Crippen LogP contribution in [0.15, 0.2) is 121 Å². The Morgan fingerprint density at radius 2 is 1.07 bits per heavy atom. The zero-order valence-electron chi connectivity index (χ0n) is 32.5. The molecule has 0 radical (unpaired) electrons. The lowest BCUT2D eigenvalue weighted by molar-refractivity contribution is 0.261. The Balaban J connectivity index is 0.000000203. The van der Waals surface area contributed by atoms with E-state index >= 15 is 0 Å². The van der Waals surface area contributed by atoms with E-state index in [-0.39, 0.29) is 23.7 Å². The third-order valence-electron chi connectivity index (χ3n) is 8.79. The van der Waals surface area contributed by atoms with Crippen molar-refractivity contribution < 1.29 is 14.3 Å². The number of carbonyl (C=O) groups is 2. The van der Waals surface area contributed by atoms with Gasteiger partial charge in [-0.25, -0.2) is 19.6 Å². The van der Waals surface area contributed by atoms with Crippen molar-refractivity contribution in [3.05, 3.63) is 138 Å². The van der Waals surface area contributed by atoms with Gasteiger partial charge in [0.2, 0.25) is 11.9 Å². The average molecular weight is 763 g/mol. The quantitative estimate of drug-likeness (QED) is 0.0790. The van der Waals surface area contributed by atoms with Crippen LogP contribution in [0, 0.1) is 0 Å². The second-order valence-electron chi connectivity index (χ2n) is 13.8. The van der Waals surface area contributed by atoms with Gasteiger partial charge in [-0.1, -0.05) is 100 Å². The Labute approximate surface area is 331 Å². The molecule has 0 aliphatic carbocycles. The molecule has 2 aromatic heterocycles. The fourth-order valence-electron chi connectivity index (χ4n) is 5.74. The summed E-state index contributed by atoms with van der Waals surface area (Å²) >= 11 is 0. The van der Waals surface area contributed by atoms with Gasteiger partial charge in [0.05, 0.1) is 18.5 Å². The van der Waals surface area contributed by atoms with Gasteiger partial charge in [-0.3, -0.25) is 10.6 Å². The van der Waals surface area contributed by atoms with Gasteiger partial charge in [0.1, 0.15) is 17.4 Å².